The zero-order valence-corrected chi connectivity index (χ0v) is 25.2. The molecule has 2 aliphatic carbocycles. The van der Waals surface area contributed by atoms with E-state index in [1.807, 2.05) is 24.0 Å². The van der Waals surface area contributed by atoms with Gasteiger partial charge in [0.2, 0.25) is 0 Å². The van der Waals surface area contributed by atoms with Gasteiger partial charge >= 0.3 is 6.03 Å². The topological polar surface area (TPSA) is 125 Å². The van der Waals surface area contributed by atoms with Gasteiger partial charge in [0.15, 0.2) is 11.9 Å². The summed E-state index contributed by atoms with van der Waals surface area (Å²) in [6.07, 6.45) is 23.3. The highest BCUT2D eigenvalue weighted by molar-refractivity contribution is 5.94. The normalized spacial score (nSPS) is 19.0. The highest BCUT2D eigenvalue weighted by Gasteiger charge is 2.19. The largest absolute Gasteiger partial charge is 0.494 e. The molecule has 0 unspecified atom stereocenters. The summed E-state index contributed by atoms with van der Waals surface area (Å²) in [5, 5.41) is 28.2. The molecule has 0 aromatic carbocycles. The Morgan fingerprint density at radius 3 is 2.71 bits per heavy atom. The number of rotatable bonds is 11. The Bertz CT molecular complexity index is 983. The molecule has 1 heterocycles. The lowest BCUT2D eigenvalue weighted by molar-refractivity contribution is 0.200. The Morgan fingerprint density at radius 2 is 1.85 bits per heavy atom. The van der Waals surface area contributed by atoms with Crippen LogP contribution in [0.25, 0.3) is 0 Å². The van der Waals surface area contributed by atoms with Gasteiger partial charge in [-0.25, -0.2) is 4.79 Å². The lowest BCUT2D eigenvalue weighted by Gasteiger charge is -2.26. The second-order valence-corrected chi connectivity index (χ2v) is 11.3. The number of amides is 2. The smallest absolute Gasteiger partial charge is 0.324 e. The maximum atomic E-state index is 13.1. The fraction of sp³-hybridized carbons (Fsp3) is 0.656. The van der Waals surface area contributed by atoms with Crippen LogP contribution in [-0.4, -0.2) is 62.2 Å². The number of ether oxygens (including phenoxy) is 1. The minimum absolute atomic E-state index is 0.0607. The van der Waals surface area contributed by atoms with Gasteiger partial charge in [0, 0.05) is 39.1 Å². The van der Waals surface area contributed by atoms with E-state index in [-0.39, 0.29) is 12.0 Å². The highest BCUT2D eigenvalue weighted by Crippen LogP contribution is 2.27. The SMILES string of the molecule is C/C=C/CNC(=N)NCCCCCCCCN1CCCC2=CCCC(=C2)COC2=C(CCCC2)CNC(=N)NC1=O. The molecule has 0 aromatic rings. The minimum Gasteiger partial charge on any atom is -0.494 e. The van der Waals surface area contributed by atoms with E-state index in [9.17, 15) is 4.79 Å². The van der Waals surface area contributed by atoms with E-state index in [4.69, 9.17) is 15.6 Å². The molecular formula is C32H53N7O2. The lowest BCUT2D eigenvalue weighted by Crippen LogP contribution is -2.48. The summed E-state index contributed by atoms with van der Waals surface area (Å²) in [5.41, 5.74) is 3.94. The van der Waals surface area contributed by atoms with Crippen molar-refractivity contribution in [2.75, 3.05) is 39.3 Å². The van der Waals surface area contributed by atoms with Crippen LogP contribution >= 0.6 is 0 Å². The molecule has 41 heavy (non-hydrogen) atoms. The van der Waals surface area contributed by atoms with Crippen molar-refractivity contribution in [2.24, 2.45) is 0 Å². The number of guanidine groups is 2. The summed E-state index contributed by atoms with van der Waals surface area (Å²) in [5.74, 6) is 1.51. The molecule has 0 atom stereocenters. The lowest BCUT2D eigenvalue weighted by atomic mass is 9.96. The Hall–Kier alpha value is -3.23. The van der Waals surface area contributed by atoms with Crippen LogP contribution in [0, 0.1) is 10.8 Å². The van der Waals surface area contributed by atoms with Crippen LogP contribution in [0.5, 0.6) is 0 Å². The van der Waals surface area contributed by atoms with E-state index < -0.39 is 0 Å². The maximum Gasteiger partial charge on any atom is 0.324 e. The summed E-state index contributed by atoms with van der Waals surface area (Å²) in [6.45, 7) is 6.06. The minimum atomic E-state index is -0.186. The molecule has 6 N–H and O–H groups in total. The first kappa shape index (κ1) is 32.3. The summed E-state index contributed by atoms with van der Waals surface area (Å²) < 4.78 is 6.29. The molecular weight excluding hydrogens is 514 g/mol. The number of urea groups is 1. The quantitative estimate of drug-likeness (QED) is 0.0810. The van der Waals surface area contributed by atoms with Crippen molar-refractivity contribution >= 4 is 18.0 Å². The van der Waals surface area contributed by atoms with Crippen molar-refractivity contribution in [3.8, 4) is 0 Å². The van der Waals surface area contributed by atoms with Crippen LogP contribution in [0.3, 0.4) is 0 Å². The monoisotopic (exact) mass is 567 g/mol. The summed E-state index contributed by atoms with van der Waals surface area (Å²) in [4.78, 5) is 15.0. The molecule has 9 nitrogen and oxygen atoms in total. The number of carbonyl (C=O) groups excluding carboxylic acids is 1. The van der Waals surface area contributed by atoms with E-state index in [0.717, 1.165) is 102 Å². The van der Waals surface area contributed by atoms with Gasteiger partial charge in [0.1, 0.15) is 6.61 Å². The van der Waals surface area contributed by atoms with Crippen molar-refractivity contribution < 1.29 is 9.53 Å². The number of unbranched alkanes of at least 4 members (excludes halogenated alkanes) is 5. The second kappa shape index (κ2) is 19.0. The first-order valence-corrected chi connectivity index (χ1v) is 15.8. The number of fused-ring (bicyclic) bond motifs is 1. The molecule has 3 rings (SSSR count). The Morgan fingerprint density at radius 1 is 1.05 bits per heavy atom. The predicted molar refractivity (Wildman–Crippen MR) is 168 cm³/mol. The number of carbonyl (C=O) groups is 1. The number of hydrogen-bond acceptors (Lipinski definition) is 4. The number of nitrogens with one attached hydrogen (secondary N) is 6. The molecule has 2 bridgehead atoms. The van der Waals surface area contributed by atoms with Crippen LogP contribution in [0.15, 0.2) is 46.8 Å². The first-order chi connectivity index (χ1) is 20.0. The van der Waals surface area contributed by atoms with E-state index in [1.165, 1.54) is 16.7 Å². The summed E-state index contributed by atoms with van der Waals surface area (Å²) >= 11 is 0. The molecule has 228 valence electrons. The molecule has 9 heteroatoms. The van der Waals surface area contributed by atoms with Crippen molar-refractivity contribution in [2.45, 2.75) is 96.8 Å². The zero-order valence-electron chi connectivity index (χ0n) is 25.2. The first-order valence-electron chi connectivity index (χ1n) is 15.8. The summed E-state index contributed by atoms with van der Waals surface area (Å²) in [6, 6.07) is -0.186. The third-order valence-corrected chi connectivity index (χ3v) is 7.90. The number of nitrogens with zero attached hydrogens (tertiary/aromatic N) is 1. The number of hydrogen-bond donors (Lipinski definition) is 6. The van der Waals surface area contributed by atoms with Crippen LogP contribution < -0.4 is 21.3 Å². The van der Waals surface area contributed by atoms with Gasteiger partial charge in [-0.1, -0.05) is 55.6 Å². The molecule has 0 aromatic heterocycles. The standard InChI is InChI=1S/C32H53N7O2/c1-2-3-19-35-30(33)36-20-10-6-4-5-7-11-21-39-22-13-16-26-14-12-15-27(23-26)25-41-29-18-9-8-17-28(29)24-37-31(34)38-32(39)40/h2-3,14,23H,4-13,15-22,24-25H2,1H3,(H3,33,35,36)(H3,34,37,38,40)/b3-2+. The third-order valence-electron chi connectivity index (χ3n) is 7.90. The fourth-order valence-electron chi connectivity index (χ4n) is 5.51. The van der Waals surface area contributed by atoms with Crippen LogP contribution in [0.1, 0.15) is 96.8 Å². The Balaban J connectivity index is 1.43. The van der Waals surface area contributed by atoms with Gasteiger partial charge in [0.25, 0.3) is 0 Å². The van der Waals surface area contributed by atoms with Gasteiger partial charge in [-0.3, -0.25) is 16.1 Å². The van der Waals surface area contributed by atoms with Crippen LogP contribution in [0.4, 0.5) is 4.79 Å². The Labute approximate surface area is 247 Å². The highest BCUT2D eigenvalue weighted by atomic mass is 16.5. The molecule has 2 amide bonds. The molecule has 0 fully saturated rings. The Kier molecular flexibility index (Phi) is 15.0. The predicted octanol–water partition coefficient (Wildman–Crippen LogP) is 5.84. The molecule has 1 aliphatic heterocycles. The van der Waals surface area contributed by atoms with Gasteiger partial charge in [-0.15, -0.1) is 0 Å². The van der Waals surface area contributed by atoms with Crippen molar-refractivity contribution in [3.05, 3.63) is 46.8 Å². The van der Waals surface area contributed by atoms with Gasteiger partial charge in [-0.05, 0) is 75.9 Å². The van der Waals surface area contributed by atoms with Crippen LogP contribution in [0.2, 0.25) is 0 Å². The van der Waals surface area contributed by atoms with Crippen molar-refractivity contribution in [3.63, 3.8) is 0 Å². The molecule has 0 saturated carbocycles. The van der Waals surface area contributed by atoms with E-state index in [2.05, 4.69) is 33.4 Å². The van der Waals surface area contributed by atoms with Crippen LogP contribution in [-0.2, 0) is 4.74 Å². The van der Waals surface area contributed by atoms with E-state index in [0.29, 0.717) is 38.7 Å². The van der Waals surface area contributed by atoms with Crippen molar-refractivity contribution in [1.82, 2.24) is 26.2 Å². The average Bonchev–Trinajstić information content (AvgIpc) is 2.97. The zero-order chi connectivity index (χ0) is 29.1. The van der Waals surface area contributed by atoms with Gasteiger partial charge in [-0.2, -0.15) is 0 Å². The van der Waals surface area contributed by atoms with E-state index in [1.54, 1.807) is 0 Å². The second-order valence-electron chi connectivity index (χ2n) is 11.3. The fourth-order valence-corrected chi connectivity index (χ4v) is 5.51. The molecule has 0 spiro atoms. The maximum absolute atomic E-state index is 13.1. The molecule has 0 radical (unpaired) electrons. The summed E-state index contributed by atoms with van der Waals surface area (Å²) in [7, 11) is 0. The molecule has 3 aliphatic rings. The van der Waals surface area contributed by atoms with E-state index >= 15 is 0 Å². The third kappa shape index (κ3) is 12.9. The number of allylic oxidation sites excluding steroid dienone is 5. The molecule has 0 saturated heterocycles. The van der Waals surface area contributed by atoms with Crippen molar-refractivity contribution in [1.29, 1.82) is 10.8 Å². The van der Waals surface area contributed by atoms with Gasteiger partial charge in [0.05, 0.1) is 5.76 Å². The van der Waals surface area contributed by atoms with Gasteiger partial charge < -0.3 is 25.6 Å². The average molecular weight is 568 g/mol.